The summed E-state index contributed by atoms with van der Waals surface area (Å²) in [5.74, 6) is -0.205. The van der Waals surface area contributed by atoms with E-state index in [1.54, 1.807) is 29.4 Å². The van der Waals surface area contributed by atoms with Crippen molar-refractivity contribution in [3.63, 3.8) is 0 Å². The van der Waals surface area contributed by atoms with Crippen molar-refractivity contribution in [1.82, 2.24) is 14.6 Å². The second kappa shape index (κ2) is 7.30. The zero-order valence-corrected chi connectivity index (χ0v) is 14.3. The van der Waals surface area contributed by atoms with Gasteiger partial charge >= 0.3 is 0 Å². The Morgan fingerprint density at radius 3 is 2.64 bits per heavy atom. The van der Waals surface area contributed by atoms with Crippen molar-refractivity contribution >= 4 is 15.9 Å². The van der Waals surface area contributed by atoms with E-state index in [1.165, 1.54) is 24.3 Å². The maximum Gasteiger partial charge on any atom is 0.253 e. The Balaban J connectivity index is 1.67. The van der Waals surface area contributed by atoms with Gasteiger partial charge in [-0.15, -0.1) is 0 Å². The van der Waals surface area contributed by atoms with Crippen molar-refractivity contribution in [3.05, 3.63) is 59.9 Å². The highest BCUT2D eigenvalue weighted by Crippen LogP contribution is 2.16. The fourth-order valence-corrected chi connectivity index (χ4v) is 3.67. The van der Waals surface area contributed by atoms with Crippen LogP contribution in [0.25, 0.3) is 0 Å². The number of likely N-dealkylation sites (tertiary alicyclic amines) is 1. The van der Waals surface area contributed by atoms with E-state index >= 15 is 0 Å². The molecule has 0 radical (unpaired) electrons. The molecular formula is C17H19N3O4S. The highest BCUT2D eigenvalue weighted by molar-refractivity contribution is 7.89. The van der Waals surface area contributed by atoms with Crippen LogP contribution >= 0.6 is 0 Å². The van der Waals surface area contributed by atoms with E-state index in [1.807, 2.05) is 0 Å². The van der Waals surface area contributed by atoms with Gasteiger partial charge in [-0.2, -0.15) is 0 Å². The Morgan fingerprint density at radius 1 is 1.28 bits per heavy atom. The first kappa shape index (κ1) is 17.5. The number of carbonyl (C=O) groups excluding carboxylic acids is 1. The van der Waals surface area contributed by atoms with Crippen LogP contribution in [-0.4, -0.2) is 48.5 Å². The molecular weight excluding hydrogens is 342 g/mol. The number of hydrogen-bond donors (Lipinski definition) is 2. The largest absolute Gasteiger partial charge is 0.391 e. The summed E-state index contributed by atoms with van der Waals surface area (Å²) < 4.78 is 27.2. The van der Waals surface area contributed by atoms with Gasteiger partial charge in [-0.3, -0.25) is 9.78 Å². The maximum atomic E-state index is 12.3. The molecule has 132 valence electrons. The average Bonchev–Trinajstić information content (AvgIpc) is 3.07. The lowest BCUT2D eigenvalue weighted by molar-refractivity contribution is 0.0765. The van der Waals surface area contributed by atoms with Crippen LogP contribution in [-0.2, 0) is 16.6 Å². The van der Waals surface area contributed by atoms with Gasteiger partial charge in [0.1, 0.15) is 0 Å². The molecule has 1 unspecified atom stereocenters. The van der Waals surface area contributed by atoms with Crippen LogP contribution in [0.2, 0.25) is 0 Å². The first-order valence-corrected chi connectivity index (χ1v) is 9.40. The fourth-order valence-electron chi connectivity index (χ4n) is 2.65. The molecule has 7 nitrogen and oxygen atoms in total. The monoisotopic (exact) mass is 361 g/mol. The highest BCUT2D eigenvalue weighted by Gasteiger charge is 2.25. The summed E-state index contributed by atoms with van der Waals surface area (Å²) in [6, 6.07) is 9.31. The molecule has 1 aliphatic rings. The van der Waals surface area contributed by atoms with Crippen LogP contribution < -0.4 is 4.72 Å². The van der Waals surface area contributed by atoms with E-state index in [0.717, 1.165) is 5.56 Å². The highest BCUT2D eigenvalue weighted by atomic mass is 32.2. The Hall–Kier alpha value is -2.29. The number of sulfonamides is 1. The number of aliphatic hydroxyl groups is 1. The minimum Gasteiger partial charge on any atom is -0.391 e. The molecule has 2 N–H and O–H groups in total. The van der Waals surface area contributed by atoms with E-state index in [4.69, 9.17) is 0 Å². The van der Waals surface area contributed by atoms with E-state index < -0.39 is 16.1 Å². The van der Waals surface area contributed by atoms with Gasteiger partial charge in [0.05, 0.1) is 11.0 Å². The summed E-state index contributed by atoms with van der Waals surface area (Å²) in [6.45, 7) is 0.959. The lowest BCUT2D eigenvalue weighted by Crippen LogP contribution is -2.29. The second-order valence-corrected chi connectivity index (χ2v) is 7.67. The number of rotatable bonds is 5. The summed E-state index contributed by atoms with van der Waals surface area (Å²) in [7, 11) is -3.67. The van der Waals surface area contributed by atoms with Crippen LogP contribution in [0.5, 0.6) is 0 Å². The molecule has 1 atom stereocenters. The number of aliphatic hydroxyl groups excluding tert-OH is 1. The van der Waals surface area contributed by atoms with Gasteiger partial charge in [-0.05, 0) is 42.3 Å². The van der Waals surface area contributed by atoms with Gasteiger partial charge in [0.15, 0.2) is 0 Å². The van der Waals surface area contributed by atoms with E-state index in [0.29, 0.717) is 25.1 Å². The third-order valence-electron chi connectivity index (χ3n) is 4.05. The van der Waals surface area contributed by atoms with Gasteiger partial charge in [-0.25, -0.2) is 13.1 Å². The Labute approximate surface area is 146 Å². The molecule has 1 aromatic carbocycles. The maximum absolute atomic E-state index is 12.3. The molecule has 0 bridgehead atoms. The van der Waals surface area contributed by atoms with Gasteiger partial charge in [0.2, 0.25) is 10.0 Å². The summed E-state index contributed by atoms with van der Waals surface area (Å²) in [6.07, 6.45) is 3.29. The van der Waals surface area contributed by atoms with E-state index in [2.05, 4.69) is 9.71 Å². The van der Waals surface area contributed by atoms with E-state index in [-0.39, 0.29) is 17.3 Å². The molecule has 1 aromatic heterocycles. The number of nitrogens with zero attached hydrogens (tertiary/aromatic N) is 2. The number of pyridine rings is 1. The summed E-state index contributed by atoms with van der Waals surface area (Å²) in [5.41, 5.74) is 1.16. The summed E-state index contributed by atoms with van der Waals surface area (Å²) >= 11 is 0. The first-order chi connectivity index (χ1) is 12.0. The molecule has 25 heavy (non-hydrogen) atoms. The SMILES string of the molecule is O=C(c1ccc(S(=O)(=O)NCc2cccnc2)cc1)N1CCC(O)C1. The van der Waals surface area contributed by atoms with Crippen molar-refractivity contribution in [1.29, 1.82) is 0 Å². The van der Waals surface area contributed by atoms with Crippen molar-refractivity contribution < 1.29 is 18.3 Å². The molecule has 8 heteroatoms. The predicted octanol–water partition coefficient (Wildman–Crippen LogP) is 0.767. The van der Waals surface area contributed by atoms with Gasteiger partial charge < -0.3 is 10.0 Å². The molecule has 2 aromatic rings. The van der Waals surface area contributed by atoms with Crippen molar-refractivity contribution in [2.24, 2.45) is 0 Å². The first-order valence-electron chi connectivity index (χ1n) is 7.92. The minimum atomic E-state index is -3.67. The molecule has 1 aliphatic heterocycles. The molecule has 1 fully saturated rings. The number of carbonyl (C=O) groups is 1. The molecule has 1 saturated heterocycles. The topological polar surface area (TPSA) is 99.6 Å². The number of β-amino-alcohol motifs (C(OH)–C–C–N with tert-alkyl or cyclic N) is 1. The smallest absolute Gasteiger partial charge is 0.253 e. The third kappa shape index (κ3) is 4.22. The molecule has 1 amide bonds. The lowest BCUT2D eigenvalue weighted by atomic mass is 10.2. The molecule has 3 rings (SSSR count). The number of nitrogens with one attached hydrogen (secondary N) is 1. The predicted molar refractivity (Wildman–Crippen MR) is 91.2 cm³/mol. The van der Waals surface area contributed by atoms with Gasteiger partial charge in [0.25, 0.3) is 5.91 Å². The van der Waals surface area contributed by atoms with E-state index in [9.17, 15) is 18.3 Å². The van der Waals surface area contributed by atoms with Crippen molar-refractivity contribution in [2.75, 3.05) is 13.1 Å². The van der Waals surface area contributed by atoms with Crippen molar-refractivity contribution in [2.45, 2.75) is 24.0 Å². The third-order valence-corrected chi connectivity index (χ3v) is 5.47. The zero-order valence-electron chi connectivity index (χ0n) is 13.5. The standard InChI is InChI=1S/C17H19N3O4S/c21-15-7-9-20(12-15)17(22)14-3-5-16(6-4-14)25(23,24)19-11-13-2-1-8-18-10-13/h1-6,8,10,15,19,21H,7,9,11-12H2. The molecule has 0 aliphatic carbocycles. The normalized spacial score (nSPS) is 17.6. The number of amides is 1. The quantitative estimate of drug-likeness (QED) is 0.819. The zero-order chi connectivity index (χ0) is 17.9. The van der Waals surface area contributed by atoms with Gasteiger partial charge in [-0.1, -0.05) is 6.07 Å². The second-order valence-electron chi connectivity index (χ2n) is 5.90. The Morgan fingerprint density at radius 2 is 2.04 bits per heavy atom. The van der Waals surface area contributed by atoms with Crippen LogP contribution in [0, 0.1) is 0 Å². The Kier molecular flexibility index (Phi) is 5.12. The minimum absolute atomic E-state index is 0.0920. The molecule has 2 heterocycles. The van der Waals surface area contributed by atoms with Crippen LogP contribution in [0.15, 0.2) is 53.7 Å². The van der Waals surface area contributed by atoms with Crippen LogP contribution in [0.1, 0.15) is 22.3 Å². The van der Waals surface area contributed by atoms with Gasteiger partial charge in [0, 0.05) is 37.6 Å². The fraction of sp³-hybridized carbons (Fsp3) is 0.294. The molecule has 0 spiro atoms. The average molecular weight is 361 g/mol. The number of hydrogen-bond acceptors (Lipinski definition) is 5. The molecule has 0 saturated carbocycles. The lowest BCUT2D eigenvalue weighted by Gasteiger charge is -2.15. The number of aromatic nitrogens is 1. The summed E-state index contributed by atoms with van der Waals surface area (Å²) in [4.78, 5) is 17.9. The van der Waals surface area contributed by atoms with Crippen molar-refractivity contribution in [3.8, 4) is 0 Å². The van der Waals surface area contributed by atoms with Crippen LogP contribution in [0.3, 0.4) is 0 Å². The summed E-state index contributed by atoms with van der Waals surface area (Å²) in [5, 5.41) is 9.51. The number of benzene rings is 1. The van der Waals surface area contributed by atoms with Crippen LogP contribution in [0.4, 0.5) is 0 Å². The Bertz CT molecular complexity index is 838.